The van der Waals surface area contributed by atoms with E-state index in [0.29, 0.717) is 5.69 Å². The summed E-state index contributed by atoms with van der Waals surface area (Å²) < 4.78 is 6.31. The van der Waals surface area contributed by atoms with Crippen molar-refractivity contribution in [2.24, 2.45) is 5.73 Å². The maximum absolute atomic E-state index is 11.6. The molecule has 0 spiro atoms. The largest absolute Gasteiger partial charge is 0.370 e. The van der Waals surface area contributed by atoms with Crippen LogP contribution < -0.4 is 16.4 Å². The Hall–Kier alpha value is -1.93. The van der Waals surface area contributed by atoms with Crippen LogP contribution in [0.2, 0.25) is 0 Å². The fourth-order valence-corrected chi connectivity index (χ4v) is 1.27. The lowest BCUT2D eigenvalue weighted by Crippen LogP contribution is -2.35. The predicted molar refractivity (Wildman–Crippen MR) is 64.8 cm³/mol. The van der Waals surface area contributed by atoms with Crippen LogP contribution in [-0.2, 0) is 20.9 Å². The van der Waals surface area contributed by atoms with Gasteiger partial charge in [0.2, 0.25) is 5.91 Å². The molecule has 4 N–H and O–H groups in total. The van der Waals surface area contributed by atoms with Crippen LogP contribution in [0.3, 0.4) is 0 Å². The molecule has 0 fully saturated rings. The number of aromatic nitrogens is 2. The maximum Gasteiger partial charge on any atom is 0.254 e. The summed E-state index contributed by atoms with van der Waals surface area (Å²) in [5.41, 5.74) is 5.85. The SMILES string of the molecule is CNC(=O)Cn1cc(NC(=O)C(CN)OC)cn1. The van der Waals surface area contributed by atoms with Gasteiger partial charge >= 0.3 is 0 Å². The summed E-state index contributed by atoms with van der Waals surface area (Å²) in [5, 5.41) is 9.01. The van der Waals surface area contributed by atoms with Crippen molar-refractivity contribution in [1.29, 1.82) is 0 Å². The van der Waals surface area contributed by atoms with Crippen molar-refractivity contribution in [3.8, 4) is 0 Å². The zero-order valence-electron chi connectivity index (χ0n) is 10.3. The number of ether oxygens (including phenoxy) is 1. The van der Waals surface area contributed by atoms with Gasteiger partial charge in [-0.1, -0.05) is 0 Å². The van der Waals surface area contributed by atoms with Crippen LogP contribution in [-0.4, -0.2) is 48.4 Å². The number of likely N-dealkylation sites (N-methyl/N-ethyl adjacent to an activating group) is 1. The number of anilines is 1. The second-order valence-corrected chi connectivity index (χ2v) is 3.55. The molecule has 8 heteroatoms. The number of hydrogen-bond acceptors (Lipinski definition) is 5. The first-order valence-electron chi connectivity index (χ1n) is 5.37. The van der Waals surface area contributed by atoms with Crippen LogP contribution >= 0.6 is 0 Å². The number of methoxy groups -OCH3 is 1. The Morgan fingerprint density at radius 2 is 2.33 bits per heavy atom. The molecule has 1 atom stereocenters. The lowest BCUT2D eigenvalue weighted by Gasteiger charge is -2.11. The fraction of sp³-hybridized carbons (Fsp3) is 0.500. The van der Waals surface area contributed by atoms with Crippen LogP contribution in [0, 0.1) is 0 Å². The number of hydrogen-bond donors (Lipinski definition) is 3. The summed E-state index contributed by atoms with van der Waals surface area (Å²) in [6.07, 6.45) is 2.30. The zero-order valence-corrected chi connectivity index (χ0v) is 10.3. The third-order valence-electron chi connectivity index (χ3n) is 2.28. The molecule has 0 aliphatic rings. The van der Waals surface area contributed by atoms with Crippen molar-refractivity contribution in [1.82, 2.24) is 15.1 Å². The highest BCUT2D eigenvalue weighted by Crippen LogP contribution is 2.05. The summed E-state index contributed by atoms with van der Waals surface area (Å²) in [7, 11) is 2.95. The van der Waals surface area contributed by atoms with E-state index in [1.54, 1.807) is 13.2 Å². The molecule has 1 aromatic heterocycles. The Morgan fingerprint density at radius 1 is 1.61 bits per heavy atom. The molecule has 1 aromatic rings. The average Bonchev–Trinajstić information content (AvgIpc) is 2.77. The molecule has 0 radical (unpaired) electrons. The number of nitrogens with one attached hydrogen (secondary N) is 2. The number of rotatable bonds is 6. The van der Waals surface area contributed by atoms with Crippen LogP contribution in [0.25, 0.3) is 0 Å². The number of carbonyl (C=O) groups is 2. The fourth-order valence-electron chi connectivity index (χ4n) is 1.27. The van der Waals surface area contributed by atoms with Crippen LogP contribution in [0.15, 0.2) is 12.4 Å². The minimum absolute atomic E-state index is 0.0920. The Bertz CT molecular complexity index is 413. The van der Waals surface area contributed by atoms with E-state index in [-0.39, 0.29) is 24.9 Å². The molecule has 1 rings (SSSR count). The molecule has 0 aliphatic carbocycles. The van der Waals surface area contributed by atoms with E-state index in [0.717, 1.165) is 0 Å². The third kappa shape index (κ3) is 3.82. The first-order valence-corrected chi connectivity index (χ1v) is 5.37. The Labute approximate surface area is 104 Å². The number of carbonyl (C=O) groups excluding carboxylic acids is 2. The van der Waals surface area contributed by atoms with Gasteiger partial charge in [-0.25, -0.2) is 0 Å². The van der Waals surface area contributed by atoms with E-state index >= 15 is 0 Å². The first kappa shape index (κ1) is 14.1. The van der Waals surface area contributed by atoms with Crippen molar-refractivity contribution in [2.45, 2.75) is 12.6 Å². The highest BCUT2D eigenvalue weighted by Gasteiger charge is 2.16. The number of nitrogens with two attached hydrogens (primary N) is 1. The van der Waals surface area contributed by atoms with Crippen molar-refractivity contribution in [3.05, 3.63) is 12.4 Å². The molecule has 1 unspecified atom stereocenters. The minimum atomic E-state index is -0.702. The van der Waals surface area contributed by atoms with Crippen LogP contribution in [0.5, 0.6) is 0 Å². The smallest absolute Gasteiger partial charge is 0.254 e. The van der Waals surface area contributed by atoms with Gasteiger partial charge in [0, 0.05) is 26.9 Å². The Balaban J connectivity index is 2.58. The van der Waals surface area contributed by atoms with Gasteiger partial charge < -0.3 is 21.1 Å². The highest BCUT2D eigenvalue weighted by atomic mass is 16.5. The topological polar surface area (TPSA) is 111 Å². The lowest BCUT2D eigenvalue weighted by molar-refractivity contribution is -0.125. The molecule has 8 nitrogen and oxygen atoms in total. The van der Waals surface area contributed by atoms with Gasteiger partial charge in [-0.2, -0.15) is 5.10 Å². The van der Waals surface area contributed by atoms with Gasteiger partial charge in [-0.05, 0) is 0 Å². The second kappa shape index (κ2) is 6.72. The van der Waals surface area contributed by atoms with Crippen molar-refractivity contribution in [3.63, 3.8) is 0 Å². The zero-order chi connectivity index (χ0) is 13.5. The van der Waals surface area contributed by atoms with E-state index in [4.69, 9.17) is 10.5 Å². The van der Waals surface area contributed by atoms with E-state index in [1.807, 2.05) is 0 Å². The first-order chi connectivity index (χ1) is 8.60. The average molecular weight is 255 g/mol. The molecular weight excluding hydrogens is 238 g/mol. The van der Waals surface area contributed by atoms with Crippen LogP contribution in [0.1, 0.15) is 0 Å². The summed E-state index contributed by atoms with van der Waals surface area (Å²) in [4.78, 5) is 22.7. The summed E-state index contributed by atoms with van der Waals surface area (Å²) in [6.45, 7) is 0.186. The summed E-state index contributed by atoms with van der Waals surface area (Å²) >= 11 is 0. The predicted octanol–water partition coefficient (Wildman–Crippen LogP) is -1.46. The number of nitrogens with zero attached hydrogens (tertiary/aromatic N) is 2. The molecular formula is C10H17N5O3. The second-order valence-electron chi connectivity index (χ2n) is 3.55. The molecule has 0 aliphatic heterocycles. The van der Waals surface area contributed by atoms with Gasteiger partial charge in [0.15, 0.2) is 0 Å². The van der Waals surface area contributed by atoms with Gasteiger partial charge in [0.25, 0.3) is 5.91 Å². The molecule has 0 saturated heterocycles. The Morgan fingerprint density at radius 3 is 2.89 bits per heavy atom. The molecule has 18 heavy (non-hydrogen) atoms. The lowest BCUT2D eigenvalue weighted by atomic mass is 10.3. The van der Waals surface area contributed by atoms with Crippen molar-refractivity contribution < 1.29 is 14.3 Å². The quantitative estimate of drug-likeness (QED) is 0.575. The standard InChI is InChI=1S/C10H17N5O3/c1-12-9(16)6-15-5-7(4-13-15)14-10(17)8(3-11)18-2/h4-5,8H,3,6,11H2,1-2H3,(H,12,16)(H,14,17). The molecule has 100 valence electrons. The van der Waals surface area contributed by atoms with Crippen LogP contribution in [0.4, 0.5) is 5.69 Å². The summed E-state index contributed by atoms with van der Waals surface area (Å²) in [6, 6.07) is 0. The normalized spacial score (nSPS) is 11.9. The van der Waals surface area contributed by atoms with Gasteiger partial charge in [0.05, 0.1) is 11.9 Å². The van der Waals surface area contributed by atoms with Crippen molar-refractivity contribution in [2.75, 3.05) is 26.0 Å². The molecule has 0 saturated carbocycles. The van der Waals surface area contributed by atoms with E-state index < -0.39 is 6.10 Å². The van der Waals surface area contributed by atoms with E-state index in [2.05, 4.69) is 15.7 Å². The van der Waals surface area contributed by atoms with E-state index in [9.17, 15) is 9.59 Å². The van der Waals surface area contributed by atoms with Gasteiger partial charge in [0.1, 0.15) is 12.6 Å². The highest BCUT2D eigenvalue weighted by molar-refractivity contribution is 5.94. The molecule has 0 aromatic carbocycles. The van der Waals surface area contributed by atoms with Gasteiger partial charge in [-0.3, -0.25) is 14.3 Å². The molecule has 2 amide bonds. The minimum Gasteiger partial charge on any atom is -0.370 e. The van der Waals surface area contributed by atoms with Gasteiger partial charge in [-0.15, -0.1) is 0 Å². The summed E-state index contributed by atoms with van der Waals surface area (Å²) in [5.74, 6) is -0.521. The van der Waals surface area contributed by atoms with Crippen molar-refractivity contribution >= 4 is 17.5 Å². The maximum atomic E-state index is 11.6. The molecule has 1 heterocycles. The number of amides is 2. The molecule has 0 bridgehead atoms. The monoisotopic (exact) mass is 255 g/mol. The third-order valence-corrected chi connectivity index (χ3v) is 2.28. The van der Waals surface area contributed by atoms with E-state index in [1.165, 1.54) is 18.0 Å². The Kier molecular flexibility index (Phi) is 5.28.